The van der Waals surface area contributed by atoms with Gasteiger partial charge in [0.1, 0.15) is 35.7 Å². The number of rotatable bonds is 7. The summed E-state index contributed by atoms with van der Waals surface area (Å²) in [6.45, 7) is 0.135. The number of nitrogens with one attached hydrogen (secondary N) is 1. The van der Waals surface area contributed by atoms with Crippen LogP contribution in [0.25, 0.3) is 5.76 Å². The predicted molar refractivity (Wildman–Crippen MR) is 123 cm³/mol. The first-order valence-electron chi connectivity index (χ1n) is 10.6. The smallest absolute Gasteiger partial charge is 0.407 e. The van der Waals surface area contributed by atoms with Gasteiger partial charge in [-0.1, -0.05) is 60.7 Å². The molecule has 0 bridgehead atoms. The number of hydrogen-bond acceptors (Lipinski definition) is 7. The number of amides is 1. The van der Waals surface area contributed by atoms with Gasteiger partial charge in [-0.25, -0.2) is 4.79 Å². The van der Waals surface area contributed by atoms with Crippen LogP contribution in [0, 0.1) is 0 Å². The van der Waals surface area contributed by atoms with E-state index in [1.54, 1.807) is 0 Å². The van der Waals surface area contributed by atoms with E-state index < -0.39 is 18.2 Å². The Morgan fingerprint density at radius 2 is 1.71 bits per heavy atom. The molecular weight excluding hydrogens is 438 g/mol. The number of ether oxygens (including phenoxy) is 3. The Labute approximate surface area is 196 Å². The maximum Gasteiger partial charge on any atom is 0.407 e. The van der Waals surface area contributed by atoms with E-state index in [4.69, 9.17) is 14.2 Å². The van der Waals surface area contributed by atoms with E-state index in [9.17, 15) is 19.8 Å². The third-order valence-electron chi connectivity index (χ3n) is 5.02. The fraction of sp³-hybridized carbons (Fsp3) is 0.154. The number of carbonyl (C=O) groups excluding carboxylic acids is 2. The van der Waals surface area contributed by atoms with Crippen LogP contribution in [0.2, 0.25) is 0 Å². The molecule has 0 fully saturated rings. The van der Waals surface area contributed by atoms with Gasteiger partial charge in [0, 0.05) is 24.2 Å². The van der Waals surface area contributed by atoms with Gasteiger partial charge in [-0.2, -0.15) is 0 Å². The fourth-order valence-electron chi connectivity index (χ4n) is 3.39. The minimum Gasteiger partial charge on any atom is -0.507 e. The van der Waals surface area contributed by atoms with Crippen molar-refractivity contribution in [2.24, 2.45) is 0 Å². The molecule has 1 atom stereocenters. The molecule has 0 spiro atoms. The number of alkyl carbamates (subject to hydrolysis) is 1. The second-order valence-corrected chi connectivity index (χ2v) is 7.51. The molecule has 0 aliphatic carbocycles. The van der Waals surface area contributed by atoms with Gasteiger partial charge in [-0.05, 0) is 11.6 Å². The van der Waals surface area contributed by atoms with Gasteiger partial charge in [-0.15, -0.1) is 0 Å². The highest BCUT2D eigenvalue weighted by Gasteiger charge is 2.26. The first kappa shape index (κ1) is 22.9. The van der Waals surface area contributed by atoms with Gasteiger partial charge in [0.05, 0.1) is 12.0 Å². The highest BCUT2D eigenvalue weighted by atomic mass is 16.6. The first-order chi connectivity index (χ1) is 16.5. The van der Waals surface area contributed by atoms with Crippen molar-refractivity contribution in [3.8, 4) is 17.2 Å². The van der Waals surface area contributed by atoms with Gasteiger partial charge < -0.3 is 29.7 Å². The third kappa shape index (κ3) is 5.73. The van der Waals surface area contributed by atoms with Crippen LogP contribution in [0.1, 0.15) is 29.2 Å². The van der Waals surface area contributed by atoms with Crippen LogP contribution in [0.15, 0.2) is 78.9 Å². The quantitative estimate of drug-likeness (QED) is 0.359. The molecule has 0 saturated heterocycles. The van der Waals surface area contributed by atoms with Crippen molar-refractivity contribution in [2.75, 3.05) is 6.54 Å². The van der Waals surface area contributed by atoms with Crippen LogP contribution < -0.4 is 14.8 Å². The average Bonchev–Trinajstić information content (AvgIpc) is 2.83. The van der Waals surface area contributed by atoms with E-state index in [0.717, 1.165) is 11.1 Å². The number of fused-ring (bicyclic) bond motifs is 1. The van der Waals surface area contributed by atoms with Crippen LogP contribution in [-0.2, 0) is 16.1 Å². The molecule has 4 rings (SSSR count). The summed E-state index contributed by atoms with van der Waals surface area (Å²) in [5.41, 5.74) is 1.78. The lowest BCUT2D eigenvalue weighted by molar-refractivity contribution is -0.134. The summed E-state index contributed by atoms with van der Waals surface area (Å²) < 4.78 is 16.2. The number of esters is 1. The van der Waals surface area contributed by atoms with E-state index in [-0.39, 0.29) is 42.4 Å². The summed E-state index contributed by atoms with van der Waals surface area (Å²) in [7, 11) is 0. The summed E-state index contributed by atoms with van der Waals surface area (Å²) in [5, 5.41) is 23.3. The lowest BCUT2D eigenvalue weighted by atomic mass is 10.0. The molecule has 3 aromatic rings. The molecule has 3 N–H and O–H groups in total. The van der Waals surface area contributed by atoms with Crippen molar-refractivity contribution in [2.45, 2.75) is 19.1 Å². The maximum absolute atomic E-state index is 12.2. The van der Waals surface area contributed by atoms with Crippen molar-refractivity contribution >= 4 is 17.8 Å². The molecule has 1 aliphatic rings. The Balaban J connectivity index is 1.31. The van der Waals surface area contributed by atoms with Crippen LogP contribution in [0.3, 0.4) is 0 Å². The minimum absolute atomic E-state index is 0.0134. The number of aliphatic hydroxyl groups is 1. The summed E-state index contributed by atoms with van der Waals surface area (Å²) >= 11 is 0. The molecule has 174 valence electrons. The van der Waals surface area contributed by atoms with Crippen molar-refractivity contribution in [1.82, 2.24) is 5.32 Å². The van der Waals surface area contributed by atoms with Gasteiger partial charge in [-0.3, -0.25) is 4.79 Å². The Hall–Kier alpha value is -4.30. The van der Waals surface area contributed by atoms with E-state index in [1.165, 1.54) is 18.2 Å². The molecule has 1 unspecified atom stereocenters. The molecule has 1 heterocycles. The Morgan fingerprint density at radius 3 is 2.44 bits per heavy atom. The van der Waals surface area contributed by atoms with Gasteiger partial charge >= 0.3 is 12.1 Å². The zero-order chi connectivity index (χ0) is 23.9. The van der Waals surface area contributed by atoms with E-state index in [0.29, 0.717) is 5.76 Å². The zero-order valence-corrected chi connectivity index (χ0v) is 18.1. The molecule has 1 amide bonds. The standard InChI is InChI=1S/C26H23NO7/c28-20-13-19(14-23-25(20)21(29)15-22(34-23)18-9-5-2-6-10-18)33-24(30)11-12-27-26(31)32-16-17-7-3-1-4-8-17/h1-10,13-15,21,28-29H,11-12,16H2,(H,27,31). The van der Waals surface area contributed by atoms with Crippen LogP contribution >= 0.6 is 0 Å². The molecule has 34 heavy (non-hydrogen) atoms. The van der Waals surface area contributed by atoms with E-state index in [2.05, 4.69) is 5.32 Å². The number of phenols is 1. The molecule has 0 radical (unpaired) electrons. The Morgan fingerprint density at radius 1 is 1.00 bits per heavy atom. The number of benzene rings is 3. The second kappa shape index (κ2) is 10.5. The van der Waals surface area contributed by atoms with Crippen molar-refractivity contribution in [1.29, 1.82) is 0 Å². The SMILES string of the molecule is O=C(CCNC(=O)OCc1ccccc1)Oc1cc(O)c2c(c1)OC(c1ccccc1)=CC2O. The van der Waals surface area contributed by atoms with Gasteiger partial charge in [0.15, 0.2) is 0 Å². The zero-order valence-electron chi connectivity index (χ0n) is 18.1. The fourth-order valence-corrected chi connectivity index (χ4v) is 3.39. The molecular formula is C26H23NO7. The topological polar surface area (TPSA) is 114 Å². The molecule has 0 saturated carbocycles. The number of phenolic OH excluding ortho intramolecular Hbond substituents is 1. The summed E-state index contributed by atoms with van der Waals surface area (Å²) in [6.07, 6.45) is -0.358. The molecule has 3 aromatic carbocycles. The predicted octanol–water partition coefficient (Wildman–Crippen LogP) is 4.08. The summed E-state index contributed by atoms with van der Waals surface area (Å²) in [6, 6.07) is 21.1. The van der Waals surface area contributed by atoms with Crippen LogP contribution in [0.4, 0.5) is 4.79 Å². The van der Waals surface area contributed by atoms with Gasteiger partial charge in [0.2, 0.25) is 0 Å². The molecule has 8 heteroatoms. The number of carbonyl (C=O) groups is 2. The Bertz CT molecular complexity index is 1190. The second-order valence-electron chi connectivity index (χ2n) is 7.51. The number of aliphatic hydroxyl groups excluding tert-OH is 1. The monoisotopic (exact) mass is 461 g/mol. The summed E-state index contributed by atoms with van der Waals surface area (Å²) in [4.78, 5) is 24.0. The Kier molecular flexibility index (Phi) is 7.10. The largest absolute Gasteiger partial charge is 0.507 e. The number of hydrogen-bond donors (Lipinski definition) is 3. The van der Waals surface area contributed by atoms with Crippen molar-refractivity contribution in [3.05, 3.63) is 95.6 Å². The molecule has 0 aromatic heterocycles. The summed E-state index contributed by atoms with van der Waals surface area (Å²) in [5.74, 6) is -0.243. The van der Waals surface area contributed by atoms with Crippen molar-refractivity contribution < 1.29 is 34.0 Å². The highest BCUT2D eigenvalue weighted by Crippen LogP contribution is 2.43. The molecule has 8 nitrogen and oxygen atoms in total. The first-order valence-corrected chi connectivity index (χ1v) is 10.6. The average molecular weight is 461 g/mol. The van der Waals surface area contributed by atoms with Crippen LogP contribution in [0.5, 0.6) is 17.2 Å². The highest BCUT2D eigenvalue weighted by molar-refractivity contribution is 5.75. The lowest BCUT2D eigenvalue weighted by Crippen LogP contribution is -2.27. The normalized spacial score (nSPS) is 14.3. The van der Waals surface area contributed by atoms with E-state index >= 15 is 0 Å². The third-order valence-corrected chi connectivity index (χ3v) is 5.02. The number of aromatic hydroxyl groups is 1. The van der Waals surface area contributed by atoms with Gasteiger partial charge in [0.25, 0.3) is 0 Å². The van der Waals surface area contributed by atoms with Crippen molar-refractivity contribution in [3.63, 3.8) is 0 Å². The minimum atomic E-state index is -1.09. The molecule has 1 aliphatic heterocycles. The lowest BCUT2D eigenvalue weighted by Gasteiger charge is -2.23. The maximum atomic E-state index is 12.2. The van der Waals surface area contributed by atoms with E-state index in [1.807, 2.05) is 60.7 Å². The van der Waals surface area contributed by atoms with Crippen LogP contribution in [-0.4, -0.2) is 28.8 Å².